The Balaban J connectivity index is 1.24. The Labute approximate surface area is 317 Å². The van der Waals surface area contributed by atoms with Gasteiger partial charge in [0.2, 0.25) is 5.89 Å². The van der Waals surface area contributed by atoms with Gasteiger partial charge in [-0.05, 0) is 77.0 Å². The number of benzene rings is 9. The highest BCUT2D eigenvalue weighted by Gasteiger charge is 2.25. The lowest BCUT2D eigenvalue weighted by atomic mass is 9.97. The van der Waals surface area contributed by atoms with E-state index in [-0.39, 0.29) is 0 Å². The van der Waals surface area contributed by atoms with Crippen molar-refractivity contribution in [2.45, 2.75) is 0 Å². The summed E-state index contributed by atoms with van der Waals surface area (Å²) in [4.78, 5) is 7.42. The maximum Gasteiger partial charge on any atom is 0.227 e. The van der Waals surface area contributed by atoms with Gasteiger partial charge in [0.15, 0.2) is 5.58 Å². The number of hydrogen-bond donors (Lipinski definition) is 0. The average Bonchev–Trinajstić information content (AvgIpc) is 3.85. The lowest BCUT2D eigenvalue weighted by molar-refractivity contribution is 0.623. The maximum absolute atomic E-state index is 6.65. The Kier molecular flexibility index (Phi) is 7.14. The molecular weight excluding hydrogens is 671 g/mol. The van der Waals surface area contributed by atoms with Crippen LogP contribution in [-0.4, -0.2) is 9.55 Å². The minimum atomic E-state index is 0.621. The molecule has 0 aliphatic rings. The first-order valence-electron chi connectivity index (χ1n) is 18.6. The first kappa shape index (κ1) is 31.1. The summed E-state index contributed by atoms with van der Waals surface area (Å²) in [6.45, 7) is 0. The summed E-state index contributed by atoms with van der Waals surface area (Å²) in [5.74, 6) is 0.621. The number of para-hydroxylation sites is 3. The molecule has 55 heavy (non-hydrogen) atoms. The van der Waals surface area contributed by atoms with Gasteiger partial charge in [-0.2, -0.15) is 0 Å². The molecule has 2 heterocycles. The third-order valence-electron chi connectivity index (χ3n) is 10.8. The fourth-order valence-electron chi connectivity index (χ4n) is 8.40. The van der Waals surface area contributed by atoms with Crippen molar-refractivity contribution in [2.24, 2.45) is 0 Å². The van der Waals surface area contributed by atoms with Crippen LogP contribution in [0.4, 0.5) is 17.1 Å². The van der Waals surface area contributed by atoms with Gasteiger partial charge in [0, 0.05) is 38.4 Å². The van der Waals surface area contributed by atoms with E-state index in [0.29, 0.717) is 5.89 Å². The van der Waals surface area contributed by atoms with Crippen LogP contribution in [0.2, 0.25) is 0 Å². The number of fused-ring (bicyclic) bond motifs is 8. The number of oxazole rings is 1. The molecule has 0 N–H and O–H groups in total. The quantitative estimate of drug-likeness (QED) is 0.162. The number of hydrogen-bond acceptors (Lipinski definition) is 3. The predicted octanol–water partition coefficient (Wildman–Crippen LogP) is 14.0. The zero-order chi connectivity index (χ0) is 36.3. The average molecular weight is 704 g/mol. The van der Waals surface area contributed by atoms with Gasteiger partial charge in [-0.1, -0.05) is 140 Å². The van der Waals surface area contributed by atoms with E-state index in [1.807, 2.05) is 30.3 Å². The summed E-state index contributed by atoms with van der Waals surface area (Å²) >= 11 is 0. The molecule has 0 saturated carbocycles. The van der Waals surface area contributed by atoms with E-state index in [1.54, 1.807) is 0 Å². The van der Waals surface area contributed by atoms with Gasteiger partial charge in [-0.15, -0.1) is 0 Å². The summed E-state index contributed by atoms with van der Waals surface area (Å²) < 4.78 is 9.03. The molecule has 0 unspecified atom stereocenters. The van der Waals surface area contributed by atoms with Gasteiger partial charge >= 0.3 is 0 Å². The third kappa shape index (κ3) is 4.96. The van der Waals surface area contributed by atoms with Gasteiger partial charge in [0.05, 0.1) is 28.1 Å². The molecule has 0 spiro atoms. The SMILES string of the molecule is c1ccc(-c2nc3ccc4ccc5c(N(c6ccccc6-c6ccccc6)c6cccc7c6c6ccccc6n7-c6ccccc6)cccc5c4c3o2)cc1. The summed E-state index contributed by atoms with van der Waals surface area (Å²) in [7, 11) is 0. The maximum atomic E-state index is 6.65. The van der Waals surface area contributed by atoms with Crippen LogP contribution in [0.3, 0.4) is 0 Å². The summed E-state index contributed by atoms with van der Waals surface area (Å²) in [6.07, 6.45) is 0. The van der Waals surface area contributed by atoms with E-state index in [2.05, 4.69) is 179 Å². The van der Waals surface area contributed by atoms with Gasteiger partial charge in [-0.3, -0.25) is 0 Å². The first-order valence-corrected chi connectivity index (χ1v) is 18.6. The van der Waals surface area contributed by atoms with E-state index in [9.17, 15) is 0 Å². The van der Waals surface area contributed by atoms with Crippen LogP contribution in [0, 0.1) is 0 Å². The summed E-state index contributed by atoms with van der Waals surface area (Å²) in [5.41, 5.74) is 11.6. The molecule has 0 aliphatic carbocycles. The Hall–Kier alpha value is -7.43. The molecule has 0 atom stereocenters. The number of anilines is 3. The normalized spacial score (nSPS) is 11.6. The molecule has 0 amide bonds. The molecule has 4 heteroatoms. The van der Waals surface area contributed by atoms with Crippen molar-refractivity contribution in [3.8, 4) is 28.3 Å². The standard InChI is InChI=1S/C51H33N3O/c1-4-16-34(17-5-1)38-22-10-12-25-43(38)54(47-29-15-28-46-49(47)41-23-11-13-26-45(41)53(46)37-20-8-3-9-21-37)44-27-14-24-40-39(44)32-30-35-31-33-42-50(48(35)40)55-51(52-42)36-18-6-2-7-19-36/h1-33H. The van der Waals surface area contributed by atoms with Crippen LogP contribution in [0.5, 0.6) is 0 Å². The zero-order valence-electron chi connectivity index (χ0n) is 29.8. The van der Waals surface area contributed by atoms with Gasteiger partial charge in [0.1, 0.15) is 5.52 Å². The van der Waals surface area contributed by atoms with Crippen molar-refractivity contribution in [1.82, 2.24) is 9.55 Å². The second kappa shape index (κ2) is 12.6. The molecule has 2 aromatic heterocycles. The number of nitrogens with zero attached hydrogens (tertiary/aromatic N) is 3. The molecule has 0 radical (unpaired) electrons. The monoisotopic (exact) mass is 703 g/mol. The topological polar surface area (TPSA) is 34.2 Å². The van der Waals surface area contributed by atoms with Crippen molar-refractivity contribution < 1.29 is 4.42 Å². The van der Waals surface area contributed by atoms with Crippen molar-refractivity contribution in [3.05, 3.63) is 200 Å². The first-order chi connectivity index (χ1) is 27.3. The lowest BCUT2D eigenvalue weighted by Gasteiger charge is -2.30. The molecule has 0 bridgehead atoms. The van der Waals surface area contributed by atoms with Crippen molar-refractivity contribution in [1.29, 1.82) is 0 Å². The second-order valence-corrected chi connectivity index (χ2v) is 13.9. The van der Waals surface area contributed by atoms with Crippen molar-refractivity contribution in [2.75, 3.05) is 4.90 Å². The van der Waals surface area contributed by atoms with E-state index >= 15 is 0 Å². The van der Waals surface area contributed by atoms with Crippen LogP contribution in [-0.2, 0) is 0 Å². The second-order valence-electron chi connectivity index (χ2n) is 13.9. The Morgan fingerprint density at radius 1 is 0.418 bits per heavy atom. The van der Waals surface area contributed by atoms with E-state index < -0.39 is 0 Å². The minimum absolute atomic E-state index is 0.621. The summed E-state index contributed by atoms with van der Waals surface area (Å²) in [5, 5.41) is 6.78. The van der Waals surface area contributed by atoms with E-state index in [0.717, 1.165) is 77.6 Å². The Morgan fingerprint density at radius 2 is 1.04 bits per heavy atom. The number of rotatable bonds is 6. The molecule has 9 aromatic carbocycles. The molecule has 0 saturated heterocycles. The van der Waals surface area contributed by atoms with Crippen LogP contribution >= 0.6 is 0 Å². The van der Waals surface area contributed by atoms with Gasteiger partial charge < -0.3 is 13.9 Å². The Bertz CT molecular complexity index is 3200. The van der Waals surface area contributed by atoms with Crippen LogP contribution in [0.1, 0.15) is 0 Å². The molecule has 258 valence electrons. The van der Waals surface area contributed by atoms with E-state index in [4.69, 9.17) is 9.40 Å². The lowest BCUT2D eigenvalue weighted by Crippen LogP contribution is -2.12. The largest absolute Gasteiger partial charge is 0.435 e. The molecule has 4 nitrogen and oxygen atoms in total. The molecular formula is C51H33N3O. The predicted molar refractivity (Wildman–Crippen MR) is 229 cm³/mol. The van der Waals surface area contributed by atoms with Gasteiger partial charge in [-0.25, -0.2) is 4.98 Å². The third-order valence-corrected chi connectivity index (χ3v) is 10.8. The highest BCUT2D eigenvalue weighted by molar-refractivity contribution is 6.22. The minimum Gasteiger partial charge on any atom is -0.435 e. The molecule has 0 fully saturated rings. The highest BCUT2D eigenvalue weighted by atomic mass is 16.3. The summed E-state index contributed by atoms with van der Waals surface area (Å²) in [6, 6.07) is 71.0. The van der Waals surface area contributed by atoms with Crippen molar-refractivity contribution >= 4 is 71.5 Å². The fourth-order valence-corrected chi connectivity index (χ4v) is 8.40. The zero-order valence-corrected chi connectivity index (χ0v) is 29.8. The molecule has 11 aromatic rings. The van der Waals surface area contributed by atoms with E-state index in [1.165, 1.54) is 16.3 Å². The smallest absolute Gasteiger partial charge is 0.227 e. The Morgan fingerprint density at radius 3 is 1.87 bits per heavy atom. The fraction of sp³-hybridized carbons (Fsp3) is 0. The molecule has 11 rings (SSSR count). The molecule has 0 aliphatic heterocycles. The van der Waals surface area contributed by atoms with Crippen LogP contribution < -0.4 is 4.90 Å². The van der Waals surface area contributed by atoms with Crippen molar-refractivity contribution in [3.63, 3.8) is 0 Å². The van der Waals surface area contributed by atoms with Crippen LogP contribution in [0.15, 0.2) is 205 Å². The highest BCUT2D eigenvalue weighted by Crippen LogP contribution is 2.49. The number of aromatic nitrogens is 2. The van der Waals surface area contributed by atoms with Gasteiger partial charge in [0.25, 0.3) is 0 Å². The van der Waals surface area contributed by atoms with Crippen LogP contribution in [0.25, 0.3) is 82.7 Å².